The van der Waals surface area contributed by atoms with Crippen LogP contribution in [0.1, 0.15) is 50.0 Å². The minimum Gasteiger partial charge on any atom is -0.455 e. The topological polar surface area (TPSA) is 17.0 Å². The molecule has 2 nitrogen and oxygen atoms in total. The third kappa shape index (κ3) is 2.44. The number of rotatable bonds is 2. The fourth-order valence-electron chi connectivity index (χ4n) is 3.32. The first kappa shape index (κ1) is 8.18. The quantitative estimate of drug-likeness (QED) is 0.420. The first-order valence-electron chi connectivity index (χ1n) is 12.9. The highest BCUT2D eigenvalue weighted by molar-refractivity contribution is 6.11. The SMILES string of the molecule is [2H]C([2H])([2H])c1cc(C)c(-c2cc(C([2H])(C([2H])([2H])[2H])C([2H])([2H])[2H])cc[n+]2C)c2oc3ccccc3c12. The molecular weight excluding hydrogens is 306 g/mol. The van der Waals surface area contributed by atoms with E-state index in [1.807, 2.05) is 0 Å². The van der Waals surface area contributed by atoms with Crippen LogP contribution in [0.4, 0.5) is 0 Å². The summed E-state index contributed by atoms with van der Waals surface area (Å²) in [6.07, 6.45) is 1.50. The lowest BCUT2D eigenvalue weighted by molar-refractivity contribution is -0.660. The van der Waals surface area contributed by atoms with E-state index < -0.39 is 26.4 Å². The molecule has 0 atom stereocenters. The minimum absolute atomic E-state index is 0.123. The van der Waals surface area contributed by atoms with E-state index in [1.54, 1.807) is 48.9 Å². The number of aryl methyl sites for hydroxylation is 3. The number of benzene rings is 2. The zero-order valence-electron chi connectivity index (χ0n) is 24.0. The van der Waals surface area contributed by atoms with Crippen molar-refractivity contribution in [2.24, 2.45) is 7.05 Å². The van der Waals surface area contributed by atoms with Gasteiger partial charge in [0.05, 0.1) is 5.56 Å². The molecule has 0 spiro atoms. The normalized spacial score (nSPS) is 19.6. The van der Waals surface area contributed by atoms with E-state index >= 15 is 0 Å². The molecule has 2 heteroatoms. The van der Waals surface area contributed by atoms with E-state index in [0.29, 0.717) is 38.8 Å². The van der Waals surface area contributed by atoms with E-state index in [9.17, 15) is 0 Å². The molecule has 0 saturated heterocycles. The maximum Gasteiger partial charge on any atom is 0.216 e. The fraction of sp³-hybridized carbons (Fsp3) is 0.261. The van der Waals surface area contributed by atoms with Gasteiger partial charge in [-0.3, -0.25) is 0 Å². The largest absolute Gasteiger partial charge is 0.455 e. The maximum atomic E-state index is 8.58. The summed E-state index contributed by atoms with van der Waals surface area (Å²) in [5.41, 5.74) is 2.14. The van der Waals surface area contributed by atoms with Gasteiger partial charge in [0.2, 0.25) is 5.69 Å². The Morgan fingerprint density at radius 3 is 2.76 bits per heavy atom. The number of hydrogen-bond acceptors (Lipinski definition) is 1. The molecule has 0 amide bonds. The van der Waals surface area contributed by atoms with Crippen molar-refractivity contribution in [1.82, 2.24) is 0 Å². The summed E-state index contributed by atoms with van der Waals surface area (Å²) in [5, 5.41) is 1.03. The van der Waals surface area contributed by atoms with Crippen molar-refractivity contribution >= 4 is 21.9 Å². The van der Waals surface area contributed by atoms with E-state index in [0.717, 1.165) is 0 Å². The van der Waals surface area contributed by atoms with Crippen LogP contribution in [-0.4, -0.2) is 0 Å². The zero-order valence-corrected chi connectivity index (χ0v) is 14.0. The lowest BCUT2D eigenvalue weighted by atomic mass is 9.95. The minimum atomic E-state index is -3.13. The third-order valence-corrected chi connectivity index (χ3v) is 4.54. The summed E-state index contributed by atoms with van der Waals surface area (Å²) in [6.45, 7) is -6.98. The van der Waals surface area contributed by atoms with Crippen LogP contribution < -0.4 is 4.57 Å². The van der Waals surface area contributed by atoms with Gasteiger partial charge in [-0.15, -0.1) is 0 Å². The first-order chi connectivity index (χ1) is 16.0. The molecule has 0 fully saturated rings. The Balaban J connectivity index is 2.13. The Morgan fingerprint density at radius 2 is 1.96 bits per heavy atom. The van der Waals surface area contributed by atoms with E-state index in [-0.39, 0.29) is 11.1 Å². The molecule has 2 aromatic heterocycles. The molecule has 4 aromatic rings. The van der Waals surface area contributed by atoms with Crippen LogP contribution in [0.25, 0.3) is 33.2 Å². The second kappa shape index (κ2) is 5.73. The van der Waals surface area contributed by atoms with Gasteiger partial charge in [0.25, 0.3) is 0 Å². The molecule has 4 rings (SSSR count). The highest BCUT2D eigenvalue weighted by Gasteiger charge is 2.22. The van der Waals surface area contributed by atoms with Gasteiger partial charge >= 0.3 is 0 Å². The summed E-state index contributed by atoms with van der Waals surface area (Å²) in [7, 11) is 1.70. The molecule has 0 radical (unpaired) electrons. The summed E-state index contributed by atoms with van der Waals surface area (Å²) in [5.74, 6) is -2.87. The van der Waals surface area contributed by atoms with Crippen LogP contribution in [0.15, 0.2) is 53.1 Å². The molecule has 2 heterocycles. The molecule has 0 aliphatic heterocycles. The van der Waals surface area contributed by atoms with Gasteiger partial charge in [0.15, 0.2) is 6.20 Å². The Morgan fingerprint density at radius 1 is 1.12 bits per heavy atom. The lowest BCUT2D eigenvalue weighted by Gasteiger charge is -2.10. The summed E-state index contributed by atoms with van der Waals surface area (Å²) in [6, 6.07) is 11.3. The van der Waals surface area contributed by atoms with Crippen molar-refractivity contribution in [2.45, 2.75) is 33.4 Å². The van der Waals surface area contributed by atoms with Crippen molar-refractivity contribution in [2.75, 3.05) is 0 Å². The molecule has 0 aliphatic carbocycles. The summed E-state index contributed by atoms with van der Waals surface area (Å²) >= 11 is 0. The molecule has 0 unspecified atom stereocenters. The number of furan rings is 1. The molecular formula is C23H24NO+. The predicted molar refractivity (Wildman–Crippen MR) is 104 cm³/mol. The monoisotopic (exact) mass is 340 g/mol. The van der Waals surface area contributed by atoms with Gasteiger partial charge in [0.1, 0.15) is 18.2 Å². The highest BCUT2D eigenvalue weighted by Crippen LogP contribution is 2.39. The van der Waals surface area contributed by atoms with E-state index in [2.05, 4.69) is 0 Å². The Bertz CT molecular complexity index is 1430. The average Bonchev–Trinajstić information content (AvgIpc) is 3.10. The van der Waals surface area contributed by atoms with Crippen LogP contribution in [-0.2, 0) is 7.05 Å². The number of aromatic nitrogens is 1. The van der Waals surface area contributed by atoms with Gasteiger partial charge in [-0.25, -0.2) is 4.57 Å². The van der Waals surface area contributed by atoms with Gasteiger partial charge in [-0.2, -0.15) is 0 Å². The molecule has 126 valence electrons. The smallest absolute Gasteiger partial charge is 0.216 e. The average molecular weight is 341 g/mol. The zero-order chi connectivity index (χ0) is 26.1. The van der Waals surface area contributed by atoms with Crippen LogP contribution in [0.2, 0.25) is 0 Å². The summed E-state index contributed by atoms with van der Waals surface area (Å²) < 4.78 is 87.7. The van der Waals surface area contributed by atoms with Crippen molar-refractivity contribution in [1.29, 1.82) is 0 Å². The number of para-hydroxylation sites is 1. The van der Waals surface area contributed by atoms with Crippen LogP contribution in [0.5, 0.6) is 0 Å². The number of nitrogens with zero attached hydrogens (tertiary/aromatic N) is 1. The van der Waals surface area contributed by atoms with Crippen molar-refractivity contribution in [3.8, 4) is 11.3 Å². The molecule has 0 aliphatic rings. The first-order valence-corrected chi connectivity index (χ1v) is 7.94. The van der Waals surface area contributed by atoms with Gasteiger partial charge < -0.3 is 4.42 Å². The molecule has 0 N–H and O–H groups in total. The van der Waals surface area contributed by atoms with Crippen molar-refractivity contribution in [3.05, 3.63) is 65.4 Å². The molecule has 0 saturated carbocycles. The third-order valence-electron chi connectivity index (χ3n) is 4.54. The number of fused-ring (bicyclic) bond motifs is 3. The second-order valence-corrected chi connectivity index (χ2v) is 6.20. The lowest BCUT2D eigenvalue weighted by Crippen LogP contribution is -2.31. The van der Waals surface area contributed by atoms with Crippen LogP contribution in [0, 0.1) is 13.8 Å². The molecule has 25 heavy (non-hydrogen) atoms. The van der Waals surface area contributed by atoms with E-state index in [4.69, 9.17) is 18.1 Å². The number of hydrogen-bond donors (Lipinski definition) is 0. The Hall–Kier alpha value is -2.61. The maximum absolute atomic E-state index is 8.58. The Kier molecular flexibility index (Phi) is 1.88. The Labute approximate surface area is 162 Å². The molecule has 0 bridgehead atoms. The van der Waals surface area contributed by atoms with Gasteiger partial charge in [-0.1, -0.05) is 38.0 Å². The number of pyridine rings is 1. The highest BCUT2D eigenvalue weighted by atomic mass is 16.3. The van der Waals surface area contributed by atoms with Gasteiger partial charge in [-0.05, 0) is 42.4 Å². The van der Waals surface area contributed by atoms with Gasteiger partial charge in [0, 0.05) is 36.6 Å². The van der Waals surface area contributed by atoms with Crippen LogP contribution >= 0.6 is 0 Å². The fourth-order valence-corrected chi connectivity index (χ4v) is 3.32. The van der Waals surface area contributed by atoms with Crippen molar-refractivity contribution < 1.29 is 22.7 Å². The second-order valence-electron chi connectivity index (χ2n) is 6.20. The summed E-state index contributed by atoms with van der Waals surface area (Å²) in [4.78, 5) is 0. The molecule has 2 aromatic carbocycles. The standard InChI is InChI=1S/C23H24NO/c1-14(2)17-10-11-24(5)19(13-17)22-16(4)12-15(3)21-18-8-6-7-9-20(18)25-23(21)22/h6-14H,1-5H3/q+1/i1D3,2D3,3D3,14D. The van der Waals surface area contributed by atoms with Crippen LogP contribution in [0.3, 0.4) is 0 Å². The van der Waals surface area contributed by atoms with E-state index in [1.165, 1.54) is 18.3 Å². The van der Waals surface area contributed by atoms with Crippen molar-refractivity contribution in [3.63, 3.8) is 0 Å². The predicted octanol–water partition coefficient (Wildman–Crippen LogP) is 5.82.